The van der Waals surface area contributed by atoms with E-state index in [-0.39, 0.29) is 12.7 Å². The number of ether oxygens (including phenoxy) is 2. The first-order valence-corrected chi connectivity index (χ1v) is 9.74. The van der Waals surface area contributed by atoms with Gasteiger partial charge in [-0.05, 0) is 43.6 Å². The minimum Gasteiger partial charge on any atom is -0.493 e. The molecular weight excluding hydrogens is 332 g/mol. The van der Waals surface area contributed by atoms with Gasteiger partial charge in [0.1, 0.15) is 12.7 Å². The molecule has 2 N–H and O–H groups in total. The lowest BCUT2D eigenvalue weighted by atomic mass is 10.1. The van der Waals surface area contributed by atoms with Gasteiger partial charge in [0.25, 0.3) is 0 Å². The van der Waals surface area contributed by atoms with Crippen LogP contribution in [0.25, 0.3) is 0 Å². The average Bonchev–Trinajstić information content (AvgIpc) is 2.87. The third-order valence-corrected chi connectivity index (χ3v) is 5.17. The second-order valence-corrected chi connectivity index (χ2v) is 7.51. The number of rotatable bonds is 8. The minimum absolute atomic E-state index is 0.190. The zero-order valence-electron chi connectivity index (χ0n) is 15.8. The summed E-state index contributed by atoms with van der Waals surface area (Å²) in [6, 6.07) is 5.90. The predicted molar refractivity (Wildman–Crippen MR) is 101 cm³/mol. The first-order chi connectivity index (χ1) is 12.6. The van der Waals surface area contributed by atoms with Gasteiger partial charge in [-0.25, -0.2) is 0 Å². The van der Waals surface area contributed by atoms with Crippen molar-refractivity contribution in [3.63, 3.8) is 0 Å². The molecule has 2 saturated heterocycles. The van der Waals surface area contributed by atoms with Crippen molar-refractivity contribution in [1.29, 1.82) is 0 Å². The van der Waals surface area contributed by atoms with E-state index < -0.39 is 6.10 Å². The molecule has 2 heterocycles. The second kappa shape index (κ2) is 9.55. The zero-order valence-corrected chi connectivity index (χ0v) is 15.8. The molecule has 2 aliphatic heterocycles. The summed E-state index contributed by atoms with van der Waals surface area (Å²) in [6.45, 7) is 5.32. The normalized spacial score (nSPS) is 21.0. The van der Waals surface area contributed by atoms with Crippen LogP contribution < -0.4 is 9.47 Å². The van der Waals surface area contributed by atoms with Crippen molar-refractivity contribution in [3.8, 4) is 11.5 Å². The Bertz CT molecular complexity index is 555. The third-order valence-electron chi connectivity index (χ3n) is 5.17. The van der Waals surface area contributed by atoms with Crippen LogP contribution in [0.15, 0.2) is 18.2 Å². The SMILES string of the molecule is COc1cc(CN2CC(O)C2)ccc1OC[C@@H](O)CN1CCCCCC1. The first kappa shape index (κ1) is 19.4. The summed E-state index contributed by atoms with van der Waals surface area (Å²) in [5, 5.41) is 19.7. The summed E-state index contributed by atoms with van der Waals surface area (Å²) in [6.07, 6.45) is 4.34. The number of aliphatic hydroxyl groups excluding tert-OH is 2. The van der Waals surface area contributed by atoms with Crippen LogP contribution in [0.3, 0.4) is 0 Å². The zero-order chi connectivity index (χ0) is 18.4. The average molecular weight is 364 g/mol. The molecule has 2 aliphatic rings. The van der Waals surface area contributed by atoms with Crippen LogP contribution in [-0.2, 0) is 6.54 Å². The molecule has 0 spiro atoms. The fourth-order valence-electron chi connectivity index (χ4n) is 3.71. The lowest BCUT2D eigenvalue weighted by Gasteiger charge is -2.35. The Morgan fingerprint density at radius 2 is 1.81 bits per heavy atom. The van der Waals surface area contributed by atoms with Gasteiger partial charge in [-0.3, -0.25) is 4.90 Å². The number of benzene rings is 1. The van der Waals surface area contributed by atoms with Gasteiger partial charge >= 0.3 is 0 Å². The number of methoxy groups -OCH3 is 1. The topological polar surface area (TPSA) is 65.4 Å². The Kier molecular flexibility index (Phi) is 7.14. The van der Waals surface area contributed by atoms with Crippen molar-refractivity contribution in [3.05, 3.63) is 23.8 Å². The molecule has 0 bridgehead atoms. The molecule has 6 heteroatoms. The van der Waals surface area contributed by atoms with Crippen molar-refractivity contribution < 1.29 is 19.7 Å². The Hall–Kier alpha value is -1.34. The highest BCUT2D eigenvalue weighted by Crippen LogP contribution is 2.29. The van der Waals surface area contributed by atoms with E-state index in [9.17, 15) is 10.2 Å². The van der Waals surface area contributed by atoms with Gasteiger partial charge < -0.3 is 24.6 Å². The second-order valence-electron chi connectivity index (χ2n) is 7.51. The maximum atomic E-state index is 10.3. The van der Waals surface area contributed by atoms with Gasteiger partial charge in [-0.2, -0.15) is 0 Å². The molecule has 0 radical (unpaired) electrons. The highest BCUT2D eigenvalue weighted by Gasteiger charge is 2.24. The number of nitrogens with zero attached hydrogens (tertiary/aromatic N) is 2. The number of aliphatic hydroxyl groups is 2. The van der Waals surface area contributed by atoms with Crippen molar-refractivity contribution in [2.45, 2.75) is 44.4 Å². The summed E-state index contributed by atoms with van der Waals surface area (Å²) in [4.78, 5) is 4.52. The molecule has 146 valence electrons. The molecule has 0 aliphatic carbocycles. The fourth-order valence-corrected chi connectivity index (χ4v) is 3.71. The molecule has 1 aromatic carbocycles. The molecule has 0 unspecified atom stereocenters. The van der Waals surface area contributed by atoms with Gasteiger partial charge in [-0.15, -0.1) is 0 Å². The Balaban J connectivity index is 1.48. The van der Waals surface area contributed by atoms with Gasteiger partial charge in [0.2, 0.25) is 0 Å². The van der Waals surface area contributed by atoms with E-state index >= 15 is 0 Å². The Labute approximate surface area is 156 Å². The summed E-state index contributed by atoms with van der Waals surface area (Å²) < 4.78 is 11.3. The maximum Gasteiger partial charge on any atom is 0.161 e. The number of likely N-dealkylation sites (tertiary alicyclic amines) is 2. The molecule has 1 aromatic rings. The largest absolute Gasteiger partial charge is 0.493 e. The van der Waals surface area contributed by atoms with Gasteiger partial charge in [0.15, 0.2) is 11.5 Å². The van der Waals surface area contributed by atoms with Gasteiger partial charge in [-0.1, -0.05) is 18.9 Å². The predicted octanol–water partition coefficient (Wildman–Crippen LogP) is 1.49. The Morgan fingerprint density at radius 3 is 2.46 bits per heavy atom. The molecular formula is C20H32N2O4. The van der Waals surface area contributed by atoms with E-state index in [1.165, 1.54) is 25.7 Å². The molecule has 3 rings (SSSR count). The molecule has 6 nitrogen and oxygen atoms in total. The molecule has 0 saturated carbocycles. The van der Waals surface area contributed by atoms with Crippen molar-refractivity contribution in [2.75, 3.05) is 46.4 Å². The van der Waals surface area contributed by atoms with E-state index in [4.69, 9.17) is 9.47 Å². The van der Waals surface area contributed by atoms with E-state index in [0.29, 0.717) is 18.0 Å². The number of hydrogen-bond acceptors (Lipinski definition) is 6. The fraction of sp³-hybridized carbons (Fsp3) is 0.700. The molecule has 0 amide bonds. The lowest BCUT2D eigenvalue weighted by molar-refractivity contribution is -0.00290. The van der Waals surface area contributed by atoms with Crippen LogP contribution >= 0.6 is 0 Å². The standard InChI is InChI=1S/C20H32N2O4/c1-25-20-10-16(11-22-12-17(23)13-22)6-7-19(20)26-15-18(24)14-21-8-4-2-3-5-9-21/h6-7,10,17-18,23-24H,2-5,8-9,11-15H2,1H3/t18-/m0/s1. The van der Waals surface area contributed by atoms with Gasteiger partial charge in [0.05, 0.1) is 13.2 Å². The van der Waals surface area contributed by atoms with Crippen LogP contribution in [0, 0.1) is 0 Å². The van der Waals surface area contributed by atoms with E-state index in [1.807, 2.05) is 18.2 Å². The first-order valence-electron chi connectivity index (χ1n) is 9.74. The molecule has 2 fully saturated rings. The molecule has 0 aromatic heterocycles. The summed E-state index contributed by atoms with van der Waals surface area (Å²) in [5.41, 5.74) is 1.13. The van der Waals surface area contributed by atoms with E-state index in [0.717, 1.165) is 38.3 Å². The summed E-state index contributed by atoms with van der Waals surface area (Å²) in [7, 11) is 1.63. The molecule has 1 atom stereocenters. The Morgan fingerprint density at radius 1 is 1.08 bits per heavy atom. The van der Waals surface area contributed by atoms with Crippen molar-refractivity contribution in [1.82, 2.24) is 9.80 Å². The number of β-amino-alcohol motifs (C(OH)–C–C–N with tert-alkyl or cyclic N) is 2. The summed E-state index contributed by atoms with van der Waals surface area (Å²) in [5.74, 6) is 1.35. The third kappa shape index (κ3) is 5.58. The van der Waals surface area contributed by atoms with Crippen LogP contribution in [0.2, 0.25) is 0 Å². The van der Waals surface area contributed by atoms with Crippen molar-refractivity contribution >= 4 is 0 Å². The van der Waals surface area contributed by atoms with Gasteiger partial charge in [0, 0.05) is 26.2 Å². The van der Waals surface area contributed by atoms with E-state index in [2.05, 4.69) is 9.80 Å². The monoisotopic (exact) mass is 364 g/mol. The highest BCUT2D eigenvalue weighted by atomic mass is 16.5. The van der Waals surface area contributed by atoms with E-state index in [1.54, 1.807) is 7.11 Å². The number of hydrogen-bond donors (Lipinski definition) is 2. The highest BCUT2D eigenvalue weighted by molar-refractivity contribution is 5.43. The molecule has 26 heavy (non-hydrogen) atoms. The van der Waals surface area contributed by atoms with Crippen LogP contribution in [-0.4, -0.2) is 78.7 Å². The van der Waals surface area contributed by atoms with Crippen LogP contribution in [0.1, 0.15) is 31.2 Å². The lowest BCUT2D eigenvalue weighted by Crippen LogP contribution is -2.49. The van der Waals surface area contributed by atoms with Crippen LogP contribution in [0.4, 0.5) is 0 Å². The minimum atomic E-state index is -0.500. The maximum absolute atomic E-state index is 10.3. The smallest absolute Gasteiger partial charge is 0.161 e. The van der Waals surface area contributed by atoms with Crippen molar-refractivity contribution in [2.24, 2.45) is 0 Å². The van der Waals surface area contributed by atoms with Crippen LogP contribution in [0.5, 0.6) is 11.5 Å². The quantitative estimate of drug-likeness (QED) is 0.729. The summed E-state index contributed by atoms with van der Waals surface area (Å²) >= 11 is 0.